The fourth-order valence-electron chi connectivity index (χ4n) is 2.08. The molecule has 0 amide bonds. The number of hydrogen-bond donors (Lipinski definition) is 2. The Kier molecular flexibility index (Phi) is 8.87. The molecule has 9 heteroatoms. The second-order valence-corrected chi connectivity index (χ2v) is 6.63. The molecule has 0 aliphatic heterocycles. The van der Waals surface area contributed by atoms with Gasteiger partial charge in [0.05, 0.1) is 12.7 Å². The maximum absolute atomic E-state index is 5.76. The predicted molar refractivity (Wildman–Crippen MR) is 108 cm³/mol. The van der Waals surface area contributed by atoms with Crippen LogP contribution in [0.5, 0.6) is 0 Å². The molecule has 2 aromatic rings. The van der Waals surface area contributed by atoms with Gasteiger partial charge in [-0.15, -0.1) is 34.2 Å². The van der Waals surface area contributed by atoms with E-state index in [1.165, 1.54) is 0 Å². The first-order valence-corrected chi connectivity index (χ1v) is 8.21. The van der Waals surface area contributed by atoms with E-state index in [4.69, 9.17) is 4.42 Å². The van der Waals surface area contributed by atoms with Crippen molar-refractivity contribution in [3.8, 4) is 0 Å². The molecule has 0 bridgehead atoms. The zero-order valence-electron chi connectivity index (χ0n) is 15.3. The largest absolute Gasteiger partial charge is 0.443 e. The summed E-state index contributed by atoms with van der Waals surface area (Å²) in [6.45, 7) is 8.59. The molecule has 0 unspecified atom stereocenters. The van der Waals surface area contributed by atoms with Crippen molar-refractivity contribution in [1.29, 1.82) is 0 Å². The zero-order valence-corrected chi connectivity index (χ0v) is 17.7. The minimum atomic E-state index is -0.0318. The second-order valence-electron chi connectivity index (χ2n) is 6.63. The highest BCUT2D eigenvalue weighted by molar-refractivity contribution is 14.0. The van der Waals surface area contributed by atoms with Gasteiger partial charge in [-0.05, 0) is 12.8 Å². The third-order valence-corrected chi connectivity index (χ3v) is 3.53. The molecule has 2 aromatic heterocycles. The van der Waals surface area contributed by atoms with Gasteiger partial charge in [-0.3, -0.25) is 4.99 Å². The van der Waals surface area contributed by atoms with Crippen LogP contribution >= 0.6 is 24.0 Å². The van der Waals surface area contributed by atoms with Crippen molar-refractivity contribution in [1.82, 2.24) is 30.4 Å². The molecule has 0 fully saturated rings. The van der Waals surface area contributed by atoms with Gasteiger partial charge in [0.25, 0.3) is 0 Å². The van der Waals surface area contributed by atoms with Crippen LogP contribution in [-0.4, -0.2) is 39.3 Å². The molecule has 0 aromatic carbocycles. The van der Waals surface area contributed by atoms with E-state index in [-0.39, 0.29) is 29.4 Å². The summed E-state index contributed by atoms with van der Waals surface area (Å²) < 4.78 is 7.73. The maximum atomic E-state index is 5.76. The lowest BCUT2D eigenvalue weighted by Crippen LogP contribution is -2.37. The summed E-state index contributed by atoms with van der Waals surface area (Å²) in [5, 5.41) is 14.1. The first-order chi connectivity index (χ1) is 11.5. The van der Waals surface area contributed by atoms with E-state index in [2.05, 4.69) is 51.6 Å². The van der Waals surface area contributed by atoms with Crippen molar-refractivity contribution in [3.05, 3.63) is 30.5 Å². The van der Waals surface area contributed by atoms with Crippen LogP contribution in [0, 0.1) is 0 Å². The fourth-order valence-corrected chi connectivity index (χ4v) is 2.08. The number of nitrogens with zero attached hydrogens (tertiary/aromatic N) is 5. The molecule has 0 spiro atoms. The van der Waals surface area contributed by atoms with Crippen LogP contribution < -0.4 is 10.6 Å². The van der Waals surface area contributed by atoms with E-state index in [9.17, 15) is 0 Å². The molecule has 140 valence electrons. The molecule has 2 heterocycles. The Balaban J connectivity index is 0.00000312. The highest BCUT2D eigenvalue weighted by Crippen LogP contribution is 2.22. The van der Waals surface area contributed by atoms with E-state index in [0.29, 0.717) is 12.4 Å². The first-order valence-electron chi connectivity index (χ1n) is 8.21. The predicted octanol–water partition coefficient (Wildman–Crippen LogP) is 2.33. The fraction of sp³-hybridized carbons (Fsp3) is 0.625. The number of oxazole rings is 1. The van der Waals surface area contributed by atoms with Gasteiger partial charge in [0.2, 0.25) is 5.89 Å². The lowest BCUT2D eigenvalue weighted by atomic mass is 9.94. The molecule has 0 radical (unpaired) electrons. The van der Waals surface area contributed by atoms with Crippen molar-refractivity contribution in [2.24, 2.45) is 4.99 Å². The number of rotatable bonds is 7. The number of aliphatic imine (C=N–C) groups is 1. The number of guanidine groups is 1. The molecule has 0 aliphatic carbocycles. The Morgan fingerprint density at radius 3 is 2.52 bits per heavy atom. The minimum Gasteiger partial charge on any atom is -0.443 e. The molecule has 25 heavy (non-hydrogen) atoms. The topological polar surface area (TPSA) is 93.2 Å². The normalized spacial score (nSPS) is 11.9. The molecule has 0 atom stereocenters. The summed E-state index contributed by atoms with van der Waals surface area (Å²) >= 11 is 0. The molecule has 2 rings (SSSR count). The molecular weight excluding hydrogens is 433 g/mol. The molecule has 8 nitrogen and oxygen atoms in total. The average Bonchev–Trinajstić information content (AvgIpc) is 3.20. The van der Waals surface area contributed by atoms with Gasteiger partial charge in [0, 0.05) is 25.6 Å². The van der Waals surface area contributed by atoms with Crippen LogP contribution in [0.2, 0.25) is 0 Å². The van der Waals surface area contributed by atoms with Gasteiger partial charge in [-0.2, -0.15) is 0 Å². The van der Waals surface area contributed by atoms with E-state index in [0.717, 1.165) is 37.7 Å². The monoisotopic (exact) mass is 461 g/mol. The van der Waals surface area contributed by atoms with E-state index >= 15 is 0 Å². The molecule has 0 saturated heterocycles. The van der Waals surface area contributed by atoms with Crippen LogP contribution in [-0.2, 0) is 18.5 Å². The van der Waals surface area contributed by atoms with E-state index < -0.39 is 0 Å². The zero-order chi connectivity index (χ0) is 17.4. The summed E-state index contributed by atoms with van der Waals surface area (Å²) in [6.07, 6.45) is 7.34. The van der Waals surface area contributed by atoms with Gasteiger partial charge < -0.3 is 19.6 Å². The van der Waals surface area contributed by atoms with Gasteiger partial charge in [0.15, 0.2) is 5.96 Å². The third kappa shape index (κ3) is 7.41. The van der Waals surface area contributed by atoms with Crippen LogP contribution in [0.15, 0.2) is 28.3 Å². The smallest absolute Gasteiger partial charge is 0.213 e. The van der Waals surface area contributed by atoms with Crippen molar-refractivity contribution >= 4 is 29.9 Å². The summed E-state index contributed by atoms with van der Waals surface area (Å²) in [5.41, 5.74) is -0.0318. The second kappa shape index (κ2) is 10.4. The van der Waals surface area contributed by atoms with Gasteiger partial charge in [-0.1, -0.05) is 20.8 Å². The summed E-state index contributed by atoms with van der Waals surface area (Å²) in [6, 6.07) is 0. The summed E-state index contributed by atoms with van der Waals surface area (Å²) in [7, 11) is 1.75. The van der Waals surface area contributed by atoms with Crippen LogP contribution in [0.4, 0.5) is 0 Å². The third-order valence-electron chi connectivity index (χ3n) is 3.53. The summed E-state index contributed by atoms with van der Waals surface area (Å²) in [5.74, 6) is 2.29. The number of halogens is 1. The number of aromatic nitrogens is 4. The SMILES string of the molecule is CN=C(NCCCCn1cnnc1)NCc1ncc(C(C)(C)C)o1.I. The standard InChI is InChI=1S/C16H27N7O.HI/c1-16(2,3)13-9-19-14(24-13)10-20-15(17-4)18-7-5-6-8-23-11-21-22-12-23;/h9,11-12H,5-8,10H2,1-4H3,(H2,17,18,20);1H. The Hall–Kier alpha value is -1.65. The van der Waals surface area contributed by atoms with Crippen LogP contribution in [0.25, 0.3) is 0 Å². The van der Waals surface area contributed by atoms with Crippen molar-refractivity contribution in [2.75, 3.05) is 13.6 Å². The number of hydrogen-bond acceptors (Lipinski definition) is 5. The lowest BCUT2D eigenvalue weighted by molar-refractivity contribution is 0.379. The van der Waals surface area contributed by atoms with Gasteiger partial charge in [0.1, 0.15) is 18.4 Å². The summed E-state index contributed by atoms with van der Waals surface area (Å²) in [4.78, 5) is 8.51. The van der Waals surface area contributed by atoms with E-state index in [1.807, 2.05) is 4.57 Å². The quantitative estimate of drug-likeness (QED) is 0.285. The van der Waals surface area contributed by atoms with Crippen LogP contribution in [0.1, 0.15) is 45.3 Å². The highest BCUT2D eigenvalue weighted by Gasteiger charge is 2.19. The Labute approximate surface area is 165 Å². The van der Waals surface area contributed by atoms with Crippen molar-refractivity contribution < 1.29 is 4.42 Å². The van der Waals surface area contributed by atoms with Crippen LogP contribution in [0.3, 0.4) is 0 Å². The maximum Gasteiger partial charge on any atom is 0.213 e. The van der Waals surface area contributed by atoms with E-state index in [1.54, 1.807) is 25.9 Å². The van der Waals surface area contributed by atoms with Gasteiger partial charge in [-0.25, -0.2) is 4.98 Å². The molecular formula is C16H28IN7O. The van der Waals surface area contributed by atoms with Gasteiger partial charge >= 0.3 is 0 Å². The molecule has 0 aliphatic rings. The first kappa shape index (κ1) is 21.4. The molecule has 0 saturated carbocycles. The lowest BCUT2D eigenvalue weighted by Gasteiger charge is -2.13. The number of unbranched alkanes of at least 4 members (excludes halogenated alkanes) is 1. The minimum absolute atomic E-state index is 0. The Morgan fingerprint density at radius 1 is 1.20 bits per heavy atom. The number of aryl methyl sites for hydroxylation is 1. The average molecular weight is 461 g/mol. The number of nitrogens with one attached hydrogen (secondary N) is 2. The molecule has 2 N–H and O–H groups in total. The van der Waals surface area contributed by atoms with Crippen molar-refractivity contribution in [2.45, 2.75) is 52.1 Å². The highest BCUT2D eigenvalue weighted by atomic mass is 127. The van der Waals surface area contributed by atoms with Crippen molar-refractivity contribution in [3.63, 3.8) is 0 Å². The Bertz CT molecular complexity index is 631. The Morgan fingerprint density at radius 2 is 1.92 bits per heavy atom.